The summed E-state index contributed by atoms with van der Waals surface area (Å²) < 4.78 is 0. The van der Waals surface area contributed by atoms with Gasteiger partial charge in [0.2, 0.25) is 0 Å². The van der Waals surface area contributed by atoms with Crippen molar-refractivity contribution in [1.82, 2.24) is 0 Å². The lowest BCUT2D eigenvalue weighted by atomic mass is 9.82. The van der Waals surface area contributed by atoms with Crippen molar-refractivity contribution in [3.05, 3.63) is 40.5 Å². The molecule has 0 fully saturated rings. The zero-order valence-electron chi connectivity index (χ0n) is 9.52. The lowest BCUT2D eigenvalue weighted by molar-refractivity contribution is 0.585. The van der Waals surface area contributed by atoms with Gasteiger partial charge in [0.25, 0.3) is 0 Å². The fraction of sp³-hybridized carbons (Fsp3) is 0.429. The van der Waals surface area contributed by atoms with E-state index in [1.54, 1.807) is 0 Å². The fourth-order valence-electron chi connectivity index (χ4n) is 2.23. The topological polar surface area (TPSA) is 0 Å². The van der Waals surface area contributed by atoms with Crippen LogP contribution in [-0.4, -0.2) is 0 Å². The average molecular weight is 186 g/mol. The molecule has 0 heterocycles. The summed E-state index contributed by atoms with van der Waals surface area (Å²) in [6, 6.07) is 4.70. The standard InChI is InChI=1S/C14H18/c1-10-8-11-6-5-7-12(11)9-13(10)14(2,3)4/h5-6,8-9H,7H2,1-4H3. The second-order valence-corrected chi connectivity index (χ2v) is 5.22. The van der Waals surface area contributed by atoms with Crippen LogP contribution in [0.15, 0.2) is 18.2 Å². The smallest absolute Gasteiger partial charge is 0.00881 e. The molecule has 0 unspecified atom stereocenters. The molecular weight excluding hydrogens is 168 g/mol. The average Bonchev–Trinajstić information content (AvgIpc) is 2.47. The van der Waals surface area contributed by atoms with Gasteiger partial charge >= 0.3 is 0 Å². The molecule has 0 radical (unpaired) electrons. The van der Waals surface area contributed by atoms with Crippen molar-refractivity contribution in [2.24, 2.45) is 0 Å². The third kappa shape index (κ3) is 1.50. The second-order valence-electron chi connectivity index (χ2n) is 5.22. The van der Waals surface area contributed by atoms with E-state index in [0.717, 1.165) is 6.42 Å². The largest absolute Gasteiger partial charge is 0.0795 e. The molecular formula is C14H18. The van der Waals surface area contributed by atoms with Crippen molar-refractivity contribution in [3.8, 4) is 0 Å². The maximum atomic E-state index is 2.38. The lowest BCUT2D eigenvalue weighted by Gasteiger charge is -2.22. The molecule has 0 heteroatoms. The molecule has 0 aromatic heterocycles. The summed E-state index contributed by atoms with van der Waals surface area (Å²) in [5.74, 6) is 0. The summed E-state index contributed by atoms with van der Waals surface area (Å²) >= 11 is 0. The molecule has 2 rings (SSSR count). The van der Waals surface area contributed by atoms with Gasteiger partial charge in [0.1, 0.15) is 0 Å². The molecule has 0 nitrogen and oxygen atoms in total. The van der Waals surface area contributed by atoms with Crippen LogP contribution >= 0.6 is 0 Å². The van der Waals surface area contributed by atoms with E-state index in [1.165, 1.54) is 22.3 Å². The van der Waals surface area contributed by atoms with E-state index in [-0.39, 0.29) is 5.41 Å². The summed E-state index contributed by atoms with van der Waals surface area (Å²) in [5, 5.41) is 0. The normalized spacial score (nSPS) is 14.6. The molecule has 0 N–H and O–H groups in total. The number of rotatable bonds is 0. The number of aryl methyl sites for hydroxylation is 1. The van der Waals surface area contributed by atoms with Crippen molar-refractivity contribution in [1.29, 1.82) is 0 Å². The zero-order chi connectivity index (χ0) is 10.3. The summed E-state index contributed by atoms with van der Waals surface area (Å²) in [6.07, 6.45) is 5.59. The van der Waals surface area contributed by atoms with Gasteiger partial charge < -0.3 is 0 Å². The van der Waals surface area contributed by atoms with Gasteiger partial charge in [0.05, 0.1) is 0 Å². The number of fused-ring (bicyclic) bond motifs is 1. The van der Waals surface area contributed by atoms with Crippen molar-refractivity contribution >= 4 is 6.08 Å². The summed E-state index contributed by atoms with van der Waals surface area (Å²) in [4.78, 5) is 0. The molecule has 0 aliphatic heterocycles. The minimum absolute atomic E-state index is 0.266. The molecule has 1 aliphatic rings. The third-order valence-corrected chi connectivity index (χ3v) is 2.93. The molecule has 0 spiro atoms. The lowest BCUT2D eigenvalue weighted by Crippen LogP contribution is -2.13. The summed E-state index contributed by atoms with van der Waals surface area (Å²) in [7, 11) is 0. The summed E-state index contributed by atoms with van der Waals surface area (Å²) in [6.45, 7) is 9.06. The fourth-order valence-corrected chi connectivity index (χ4v) is 2.23. The van der Waals surface area contributed by atoms with E-state index in [4.69, 9.17) is 0 Å². The highest BCUT2D eigenvalue weighted by molar-refractivity contribution is 5.62. The first kappa shape index (κ1) is 9.51. The van der Waals surface area contributed by atoms with Gasteiger partial charge in [-0.25, -0.2) is 0 Å². The first-order chi connectivity index (χ1) is 6.48. The predicted octanol–water partition coefficient (Wildman–Crippen LogP) is 3.86. The van der Waals surface area contributed by atoms with Crippen LogP contribution in [0.3, 0.4) is 0 Å². The van der Waals surface area contributed by atoms with E-state index in [9.17, 15) is 0 Å². The van der Waals surface area contributed by atoms with Crippen LogP contribution in [-0.2, 0) is 11.8 Å². The highest BCUT2D eigenvalue weighted by Crippen LogP contribution is 2.30. The Balaban J connectivity index is 2.56. The van der Waals surface area contributed by atoms with Gasteiger partial charge in [-0.15, -0.1) is 0 Å². The van der Waals surface area contributed by atoms with Crippen molar-refractivity contribution in [2.45, 2.75) is 39.5 Å². The van der Waals surface area contributed by atoms with Crippen LogP contribution in [0.1, 0.15) is 43.0 Å². The van der Waals surface area contributed by atoms with Gasteiger partial charge in [-0.2, -0.15) is 0 Å². The van der Waals surface area contributed by atoms with Crippen LogP contribution in [0.25, 0.3) is 6.08 Å². The molecule has 0 saturated carbocycles. The van der Waals surface area contributed by atoms with Crippen LogP contribution in [0.4, 0.5) is 0 Å². The Morgan fingerprint density at radius 1 is 1.14 bits per heavy atom. The number of benzene rings is 1. The molecule has 1 aromatic rings. The van der Waals surface area contributed by atoms with Gasteiger partial charge in [0.15, 0.2) is 0 Å². The molecule has 0 bridgehead atoms. The first-order valence-electron chi connectivity index (χ1n) is 5.29. The zero-order valence-corrected chi connectivity index (χ0v) is 9.52. The third-order valence-electron chi connectivity index (χ3n) is 2.93. The molecule has 0 saturated heterocycles. The maximum Gasteiger partial charge on any atom is -0.00881 e. The first-order valence-corrected chi connectivity index (χ1v) is 5.29. The van der Waals surface area contributed by atoms with E-state index in [0.29, 0.717) is 0 Å². The number of hydrogen-bond acceptors (Lipinski definition) is 0. The Kier molecular flexibility index (Phi) is 2.02. The van der Waals surface area contributed by atoms with Gasteiger partial charge in [0, 0.05) is 0 Å². The Bertz CT molecular complexity index is 389. The molecule has 0 amide bonds. The monoisotopic (exact) mass is 186 g/mol. The van der Waals surface area contributed by atoms with E-state index in [2.05, 4.69) is 52.0 Å². The molecule has 74 valence electrons. The van der Waals surface area contributed by atoms with E-state index < -0.39 is 0 Å². The van der Waals surface area contributed by atoms with Crippen LogP contribution in [0, 0.1) is 6.92 Å². The molecule has 14 heavy (non-hydrogen) atoms. The second kappa shape index (κ2) is 2.98. The summed E-state index contributed by atoms with van der Waals surface area (Å²) in [5.41, 5.74) is 6.07. The predicted molar refractivity (Wildman–Crippen MR) is 62.6 cm³/mol. The van der Waals surface area contributed by atoms with Crippen molar-refractivity contribution in [3.63, 3.8) is 0 Å². The van der Waals surface area contributed by atoms with Crippen molar-refractivity contribution in [2.75, 3.05) is 0 Å². The molecule has 1 aliphatic carbocycles. The van der Waals surface area contributed by atoms with Crippen LogP contribution < -0.4 is 0 Å². The SMILES string of the molecule is Cc1cc2c(cc1C(C)(C)C)CC=C2. The van der Waals surface area contributed by atoms with Gasteiger partial charge in [-0.3, -0.25) is 0 Å². The van der Waals surface area contributed by atoms with Gasteiger partial charge in [-0.1, -0.05) is 45.1 Å². The van der Waals surface area contributed by atoms with Gasteiger partial charge in [-0.05, 0) is 41.0 Å². The van der Waals surface area contributed by atoms with E-state index in [1.807, 2.05) is 0 Å². The minimum atomic E-state index is 0.266. The minimum Gasteiger partial charge on any atom is -0.0795 e. The highest BCUT2D eigenvalue weighted by Gasteiger charge is 2.18. The van der Waals surface area contributed by atoms with Crippen molar-refractivity contribution < 1.29 is 0 Å². The number of hydrogen-bond donors (Lipinski definition) is 0. The Morgan fingerprint density at radius 3 is 2.50 bits per heavy atom. The van der Waals surface area contributed by atoms with E-state index >= 15 is 0 Å². The Hall–Kier alpha value is -1.04. The van der Waals surface area contributed by atoms with Crippen LogP contribution in [0.2, 0.25) is 0 Å². The maximum absolute atomic E-state index is 2.38. The highest BCUT2D eigenvalue weighted by atomic mass is 14.2. The van der Waals surface area contributed by atoms with Crippen LogP contribution in [0.5, 0.6) is 0 Å². The quantitative estimate of drug-likeness (QED) is 0.577. The Labute approximate surface area is 86.7 Å². The molecule has 1 aromatic carbocycles. The Morgan fingerprint density at radius 2 is 1.86 bits per heavy atom. The number of allylic oxidation sites excluding steroid dienone is 1. The molecule has 0 atom stereocenters.